The molecule has 0 amide bonds. The van der Waals surface area contributed by atoms with Crippen LogP contribution in [0.4, 0.5) is 15.9 Å². The molecule has 4 heterocycles. The number of anilines is 2. The van der Waals surface area contributed by atoms with Gasteiger partial charge in [0.05, 0.1) is 22.9 Å². The number of nitrogens with two attached hydrogens (primary N) is 1. The van der Waals surface area contributed by atoms with Crippen molar-refractivity contribution in [1.29, 1.82) is 5.26 Å². The van der Waals surface area contributed by atoms with Crippen LogP contribution >= 0.6 is 0 Å². The highest BCUT2D eigenvalue weighted by atomic mass is 19.1. The van der Waals surface area contributed by atoms with Crippen molar-refractivity contribution >= 4 is 11.5 Å². The molecule has 0 radical (unpaired) electrons. The molecule has 4 aliphatic rings. The van der Waals surface area contributed by atoms with E-state index in [0.29, 0.717) is 49.2 Å². The Labute approximate surface area is 223 Å². The lowest BCUT2D eigenvalue weighted by Crippen LogP contribution is -2.44. The summed E-state index contributed by atoms with van der Waals surface area (Å²) in [6.45, 7) is 6.00. The minimum atomic E-state index is -0.811. The summed E-state index contributed by atoms with van der Waals surface area (Å²) < 4.78 is 27.5. The van der Waals surface area contributed by atoms with Gasteiger partial charge in [-0.1, -0.05) is 13.0 Å². The van der Waals surface area contributed by atoms with Crippen molar-refractivity contribution in [3.05, 3.63) is 40.1 Å². The van der Waals surface area contributed by atoms with Crippen LogP contribution in [0.15, 0.2) is 12.1 Å². The molecule has 1 aliphatic carbocycles. The summed E-state index contributed by atoms with van der Waals surface area (Å²) in [5.41, 5.74) is 10.2. The second-order valence-corrected chi connectivity index (χ2v) is 11.9. The van der Waals surface area contributed by atoms with Crippen LogP contribution in [-0.4, -0.2) is 60.4 Å². The summed E-state index contributed by atoms with van der Waals surface area (Å²) in [4.78, 5) is 13.9. The van der Waals surface area contributed by atoms with Crippen LogP contribution in [0.5, 0.6) is 6.01 Å². The summed E-state index contributed by atoms with van der Waals surface area (Å²) in [6, 6.07) is 6.57. The molecule has 2 saturated heterocycles. The van der Waals surface area contributed by atoms with Gasteiger partial charge in [-0.2, -0.15) is 15.2 Å². The maximum atomic E-state index is 14.3. The molecule has 8 nitrogen and oxygen atoms in total. The third-order valence-corrected chi connectivity index (χ3v) is 9.25. The first kappa shape index (κ1) is 25.3. The van der Waals surface area contributed by atoms with Gasteiger partial charge < -0.3 is 20.1 Å². The first-order valence-corrected chi connectivity index (χ1v) is 13.8. The molecule has 202 valence electrons. The Morgan fingerprint density at radius 3 is 2.87 bits per heavy atom. The van der Waals surface area contributed by atoms with Gasteiger partial charge in [-0.15, -0.1) is 0 Å². The predicted molar refractivity (Wildman–Crippen MR) is 143 cm³/mol. The molecule has 38 heavy (non-hydrogen) atoms. The van der Waals surface area contributed by atoms with Crippen LogP contribution in [0.3, 0.4) is 0 Å². The van der Waals surface area contributed by atoms with Gasteiger partial charge in [0.25, 0.3) is 0 Å². The maximum Gasteiger partial charge on any atom is 0.318 e. The molecular weight excluding hydrogens is 483 g/mol. The number of benzene rings is 1. The van der Waals surface area contributed by atoms with Crippen LogP contribution in [0.25, 0.3) is 0 Å². The Morgan fingerprint density at radius 2 is 2.11 bits per heavy atom. The van der Waals surface area contributed by atoms with E-state index in [1.165, 1.54) is 0 Å². The number of hydrogen-bond donors (Lipinski definition) is 1. The fraction of sp³-hybridized carbons (Fsp3) is 0.621. The van der Waals surface area contributed by atoms with E-state index in [1.54, 1.807) is 0 Å². The zero-order valence-corrected chi connectivity index (χ0v) is 22.8. The normalized spacial score (nSPS) is 31.9. The van der Waals surface area contributed by atoms with Gasteiger partial charge in [-0.05, 0) is 56.7 Å². The van der Waals surface area contributed by atoms with Crippen molar-refractivity contribution in [1.82, 2.24) is 14.9 Å². The second-order valence-electron chi connectivity index (χ2n) is 11.9. The summed E-state index contributed by atoms with van der Waals surface area (Å²) >= 11 is 0. The molecule has 0 bridgehead atoms. The molecule has 2 fully saturated rings. The Hall–Kier alpha value is -2.96. The smallest absolute Gasteiger partial charge is 0.318 e. The maximum absolute atomic E-state index is 14.3. The van der Waals surface area contributed by atoms with Gasteiger partial charge in [-0.3, -0.25) is 4.90 Å². The fourth-order valence-electron chi connectivity index (χ4n) is 7.48. The lowest BCUT2D eigenvalue weighted by atomic mass is 9.69. The van der Waals surface area contributed by atoms with Crippen molar-refractivity contribution in [2.45, 2.75) is 81.7 Å². The van der Waals surface area contributed by atoms with Gasteiger partial charge in [-0.25, -0.2) is 4.39 Å². The SMILES string of the molecule is CC1CCC2(Cc3nc(OCC45CCCN4CC(F)C5)nc(N(C)C)c3C(C)O2)c2c1ccc(N)c2C#N. The summed E-state index contributed by atoms with van der Waals surface area (Å²) in [5, 5.41) is 10.1. The number of nitriles is 1. The number of nitrogen functional groups attached to an aromatic ring is 1. The van der Waals surface area contributed by atoms with Crippen LogP contribution in [0.1, 0.15) is 85.9 Å². The number of ether oxygens (including phenoxy) is 2. The van der Waals surface area contributed by atoms with Gasteiger partial charge >= 0.3 is 6.01 Å². The lowest BCUT2D eigenvalue weighted by Gasteiger charge is -2.47. The summed E-state index contributed by atoms with van der Waals surface area (Å²) in [5.74, 6) is 1.07. The average Bonchev–Trinajstić information content (AvgIpc) is 3.40. The highest BCUT2D eigenvalue weighted by molar-refractivity contribution is 5.64. The minimum absolute atomic E-state index is 0.272. The van der Waals surface area contributed by atoms with Crippen molar-refractivity contribution in [3.63, 3.8) is 0 Å². The highest BCUT2D eigenvalue weighted by Crippen LogP contribution is 2.53. The lowest BCUT2D eigenvalue weighted by molar-refractivity contribution is -0.118. The van der Waals surface area contributed by atoms with Crippen molar-refractivity contribution in [2.24, 2.45) is 0 Å². The van der Waals surface area contributed by atoms with E-state index in [2.05, 4.69) is 17.9 Å². The van der Waals surface area contributed by atoms with Gasteiger partial charge in [0.15, 0.2) is 0 Å². The molecule has 2 aromatic rings. The Balaban J connectivity index is 1.40. The topological polar surface area (TPSA) is 101 Å². The number of halogens is 1. The monoisotopic (exact) mass is 520 g/mol. The van der Waals surface area contributed by atoms with Crippen molar-refractivity contribution in [2.75, 3.05) is 44.4 Å². The first-order valence-electron chi connectivity index (χ1n) is 13.8. The largest absolute Gasteiger partial charge is 0.461 e. The van der Waals surface area contributed by atoms with E-state index in [1.807, 2.05) is 38.1 Å². The number of aromatic nitrogens is 2. The highest BCUT2D eigenvalue weighted by Gasteiger charge is 2.50. The van der Waals surface area contributed by atoms with Gasteiger partial charge in [0, 0.05) is 50.3 Å². The first-order chi connectivity index (χ1) is 18.2. The fourth-order valence-corrected chi connectivity index (χ4v) is 7.48. The van der Waals surface area contributed by atoms with Gasteiger partial charge in [0.2, 0.25) is 0 Å². The number of hydrogen-bond acceptors (Lipinski definition) is 8. The molecule has 5 unspecified atom stereocenters. The van der Waals surface area contributed by atoms with E-state index in [-0.39, 0.29) is 11.6 Å². The van der Waals surface area contributed by atoms with Crippen molar-refractivity contribution < 1.29 is 13.9 Å². The van der Waals surface area contributed by atoms with Crippen molar-refractivity contribution in [3.8, 4) is 12.1 Å². The number of rotatable bonds is 4. The van der Waals surface area contributed by atoms with E-state index in [9.17, 15) is 9.65 Å². The van der Waals surface area contributed by atoms with Crippen LogP contribution in [0.2, 0.25) is 0 Å². The zero-order valence-electron chi connectivity index (χ0n) is 22.8. The third kappa shape index (κ3) is 3.84. The minimum Gasteiger partial charge on any atom is -0.461 e. The predicted octanol–water partition coefficient (Wildman–Crippen LogP) is 4.38. The Bertz CT molecular complexity index is 1310. The van der Waals surface area contributed by atoms with E-state index in [0.717, 1.165) is 60.4 Å². The number of fused-ring (bicyclic) bond motifs is 4. The molecule has 5 atom stereocenters. The average molecular weight is 521 g/mol. The van der Waals surface area contributed by atoms with Crippen LogP contribution in [0, 0.1) is 11.3 Å². The molecule has 1 aromatic heterocycles. The molecular formula is C29H37FN6O2. The molecule has 1 spiro atoms. The summed E-state index contributed by atoms with van der Waals surface area (Å²) in [7, 11) is 3.91. The standard InChI is InChI=1S/C29H37FN6O2/c1-17-8-10-29(25-20(17)6-7-22(32)21(25)14-31)13-23-24(18(2)38-29)26(35(3)4)34-27(33-23)37-16-28-9-5-11-36(28)15-19(30)12-28/h6-7,17-19H,5,8-13,15-16,32H2,1-4H3. The number of alkyl halides is 1. The molecule has 0 saturated carbocycles. The molecule has 2 N–H and O–H groups in total. The quantitative estimate of drug-likeness (QED) is 0.593. The third-order valence-electron chi connectivity index (χ3n) is 9.25. The second kappa shape index (κ2) is 9.06. The molecule has 3 aliphatic heterocycles. The number of nitrogens with zero attached hydrogens (tertiary/aromatic N) is 5. The Kier molecular flexibility index (Phi) is 6.04. The molecule has 6 rings (SSSR count). The summed E-state index contributed by atoms with van der Waals surface area (Å²) in [6.07, 6.45) is 3.62. The van der Waals surface area contributed by atoms with E-state index >= 15 is 0 Å². The van der Waals surface area contributed by atoms with E-state index in [4.69, 9.17) is 25.2 Å². The zero-order chi connectivity index (χ0) is 26.8. The van der Waals surface area contributed by atoms with E-state index < -0.39 is 11.8 Å². The molecule has 9 heteroatoms. The van der Waals surface area contributed by atoms with Crippen LogP contribution in [-0.2, 0) is 16.8 Å². The Morgan fingerprint density at radius 1 is 1.29 bits per heavy atom. The molecule has 1 aromatic carbocycles. The van der Waals surface area contributed by atoms with Crippen LogP contribution < -0.4 is 15.4 Å². The van der Waals surface area contributed by atoms with Gasteiger partial charge in [0.1, 0.15) is 30.3 Å².